The van der Waals surface area contributed by atoms with E-state index in [2.05, 4.69) is 40.2 Å². The summed E-state index contributed by atoms with van der Waals surface area (Å²) in [6, 6.07) is 9.11. The summed E-state index contributed by atoms with van der Waals surface area (Å²) in [5.41, 5.74) is 6.48. The molecule has 1 aromatic carbocycles. The smallest absolute Gasteiger partial charge is 0.339 e. The van der Waals surface area contributed by atoms with Crippen LogP contribution in [-0.2, 0) is 12.8 Å². The molecule has 2 heterocycles. The van der Waals surface area contributed by atoms with Crippen molar-refractivity contribution < 1.29 is 9.90 Å². The SMILES string of the molecule is O=C(O)c1cnn(-c2cccc(C3CCCC(n4ncc5c4CCCCC5)C3)c2)c1C1CC1. The lowest BCUT2D eigenvalue weighted by Crippen LogP contribution is -2.21. The van der Waals surface area contributed by atoms with Crippen LogP contribution in [0, 0.1) is 0 Å². The zero-order valence-electron chi connectivity index (χ0n) is 19.1. The monoisotopic (exact) mass is 444 g/mol. The summed E-state index contributed by atoms with van der Waals surface area (Å²) in [5.74, 6) is -0.0719. The molecule has 2 fully saturated rings. The van der Waals surface area contributed by atoms with Gasteiger partial charge in [-0.1, -0.05) is 25.0 Å². The van der Waals surface area contributed by atoms with Crippen molar-refractivity contribution in [1.82, 2.24) is 19.6 Å². The molecule has 6 heteroatoms. The van der Waals surface area contributed by atoms with Crippen molar-refractivity contribution in [2.24, 2.45) is 0 Å². The fourth-order valence-corrected chi connectivity index (χ4v) is 6.08. The number of carbonyl (C=O) groups is 1. The van der Waals surface area contributed by atoms with Crippen LogP contribution in [0.5, 0.6) is 0 Å². The van der Waals surface area contributed by atoms with Crippen molar-refractivity contribution in [2.45, 2.75) is 88.5 Å². The number of fused-ring (bicyclic) bond motifs is 1. The molecule has 0 saturated heterocycles. The third-order valence-electron chi connectivity index (χ3n) is 7.92. The van der Waals surface area contributed by atoms with Crippen molar-refractivity contribution in [3.8, 4) is 5.69 Å². The largest absolute Gasteiger partial charge is 0.478 e. The second kappa shape index (κ2) is 8.47. The summed E-state index contributed by atoms with van der Waals surface area (Å²) in [7, 11) is 0. The Morgan fingerprint density at radius 1 is 0.939 bits per heavy atom. The molecule has 1 N–H and O–H groups in total. The maximum absolute atomic E-state index is 11.7. The predicted molar refractivity (Wildman–Crippen MR) is 126 cm³/mol. The molecule has 3 aliphatic carbocycles. The number of benzene rings is 1. The fraction of sp³-hybridized carbons (Fsp3) is 0.519. The number of nitrogens with zero attached hydrogens (tertiary/aromatic N) is 4. The van der Waals surface area contributed by atoms with Gasteiger partial charge in [-0.15, -0.1) is 0 Å². The molecule has 6 rings (SSSR count). The summed E-state index contributed by atoms with van der Waals surface area (Å²) in [6.07, 6.45) is 16.7. The quantitative estimate of drug-likeness (QED) is 0.504. The van der Waals surface area contributed by atoms with E-state index in [0.717, 1.165) is 30.6 Å². The van der Waals surface area contributed by atoms with Crippen LogP contribution >= 0.6 is 0 Å². The number of carboxylic acids is 1. The van der Waals surface area contributed by atoms with Crippen LogP contribution in [0.1, 0.15) is 109 Å². The average Bonchev–Trinajstić information content (AvgIpc) is 3.52. The molecule has 0 spiro atoms. The van der Waals surface area contributed by atoms with E-state index in [9.17, 15) is 9.90 Å². The van der Waals surface area contributed by atoms with Gasteiger partial charge in [0.05, 0.1) is 29.8 Å². The average molecular weight is 445 g/mol. The van der Waals surface area contributed by atoms with Gasteiger partial charge in [0.25, 0.3) is 0 Å². The Kier molecular flexibility index (Phi) is 5.31. The lowest BCUT2D eigenvalue weighted by atomic mass is 9.81. The number of aromatic nitrogens is 4. The highest BCUT2D eigenvalue weighted by atomic mass is 16.4. The lowest BCUT2D eigenvalue weighted by Gasteiger charge is -2.31. The molecule has 2 unspecified atom stereocenters. The van der Waals surface area contributed by atoms with Crippen molar-refractivity contribution in [1.29, 1.82) is 0 Å². The molecule has 2 aromatic heterocycles. The first-order valence-corrected chi connectivity index (χ1v) is 12.7. The molecule has 0 amide bonds. The molecule has 33 heavy (non-hydrogen) atoms. The normalized spacial score (nSPS) is 23.2. The highest BCUT2D eigenvalue weighted by molar-refractivity contribution is 5.89. The molecule has 6 nitrogen and oxygen atoms in total. The Bertz CT molecular complexity index is 1170. The van der Waals surface area contributed by atoms with Crippen LogP contribution < -0.4 is 0 Å². The van der Waals surface area contributed by atoms with E-state index in [1.165, 1.54) is 74.4 Å². The van der Waals surface area contributed by atoms with Crippen LogP contribution in [0.2, 0.25) is 0 Å². The molecule has 0 bridgehead atoms. The molecule has 0 radical (unpaired) electrons. The minimum atomic E-state index is -0.882. The Balaban J connectivity index is 1.28. The molecule has 3 aromatic rings. The molecule has 172 valence electrons. The predicted octanol–water partition coefficient (Wildman–Crippen LogP) is 5.81. The highest BCUT2D eigenvalue weighted by Gasteiger charge is 2.33. The van der Waals surface area contributed by atoms with Crippen molar-refractivity contribution in [3.05, 3.63) is 64.7 Å². The van der Waals surface area contributed by atoms with E-state index in [-0.39, 0.29) is 0 Å². The van der Waals surface area contributed by atoms with Gasteiger partial charge in [-0.3, -0.25) is 4.68 Å². The van der Waals surface area contributed by atoms with Gasteiger partial charge in [0, 0.05) is 11.6 Å². The number of hydrogen-bond donors (Lipinski definition) is 1. The first kappa shape index (κ1) is 20.7. The van der Waals surface area contributed by atoms with Crippen LogP contribution in [-0.4, -0.2) is 30.6 Å². The number of hydrogen-bond acceptors (Lipinski definition) is 3. The second-order valence-electron chi connectivity index (χ2n) is 10.2. The van der Waals surface area contributed by atoms with E-state index in [4.69, 9.17) is 5.10 Å². The van der Waals surface area contributed by atoms with Gasteiger partial charge < -0.3 is 5.11 Å². The highest BCUT2D eigenvalue weighted by Crippen LogP contribution is 2.43. The van der Waals surface area contributed by atoms with Gasteiger partial charge in [0.15, 0.2) is 0 Å². The van der Waals surface area contributed by atoms with Crippen molar-refractivity contribution in [3.63, 3.8) is 0 Å². The van der Waals surface area contributed by atoms with Gasteiger partial charge >= 0.3 is 5.97 Å². The maximum atomic E-state index is 11.7. The van der Waals surface area contributed by atoms with Gasteiger partial charge in [0.2, 0.25) is 0 Å². The fourth-order valence-electron chi connectivity index (χ4n) is 6.08. The molecule has 0 aliphatic heterocycles. The van der Waals surface area contributed by atoms with E-state index in [1.807, 2.05) is 4.68 Å². The summed E-state index contributed by atoms with van der Waals surface area (Å²) in [4.78, 5) is 11.7. The van der Waals surface area contributed by atoms with Crippen LogP contribution in [0.25, 0.3) is 5.69 Å². The van der Waals surface area contributed by atoms with Crippen molar-refractivity contribution >= 4 is 5.97 Å². The third-order valence-corrected chi connectivity index (χ3v) is 7.92. The van der Waals surface area contributed by atoms with Crippen LogP contribution in [0.3, 0.4) is 0 Å². The maximum Gasteiger partial charge on any atom is 0.339 e. The number of carboxylic acid groups (broad SMARTS) is 1. The zero-order chi connectivity index (χ0) is 22.4. The Hall–Kier alpha value is -2.89. The molecule has 2 saturated carbocycles. The minimum Gasteiger partial charge on any atom is -0.478 e. The standard InChI is InChI=1S/C27H32N4O2/c32-27(33)24-17-29-31(26(24)18-12-13-18)23-10-5-8-20(15-23)19-7-4-9-22(14-19)30-25-11-3-1-2-6-21(25)16-28-30/h5,8,10,15-19,22H,1-4,6-7,9,11-14H2,(H,32,33). The zero-order valence-corrected chi connectivity index (χ0v) is 19.1. The number of aryl methyl sites for hydroxylation is 1. The molecular weight excluding hydrogens is 412 g/mol. The van der Waals surface area contributed by atoms with E-state index >= 15 is 0 Å². The number of aromatic carboxylic acids is 1. The number of rotatable bonds is 5. The lowest BCUT2D eigenvalue weighted by molar-refractivity contribution is 0.0695. The Morgan fingerprint density at radius 3 is 2.67 bits per heavy atom. The summed E-state index contributed by atoms with van der Waals surface area (Å²) in [5, 5.41) is 19.0. The van der Waals surface area contributed by atoms with Crippen LogP contribution in [0.15, 0.2) is 36.7 Å². The summed E-state index contributed by atoms with van der Waals surface area (Å²) < 4.78 is 4.24. The molecule has 3 aliphatic rings. The topological polar surface area (TPSA) is 72.9 Å². The first-order chi connectivity index (χ1) is 16.2. The summed E-state index contributed by atoms with van der Waals surface area (Å²) in [6.45, 7) is 0. The van der Waals surface area contributed by atoms with Crippen molar-refractivity contribution in [2.75, 3.05) is 0 Å². The van der Waals surface area contributed by atoms with E-state index in [0.29, 0.717) is 23.4 Å². The summed E-state index contributed by atoms with van der Waals surface area (Å²) >= 11 is 0. The van der Waals surface area contributed by atoms with Gasteiger partial charge in [-0.25, -0.2) is 9.48 Å². The second-order valence-corrected chi connectivity index (χ2v) is 10.2. The molecule has 2 atom stereocenters. The third kappa shape index (κ3) is 3.90. The first-order valence-electron chi connectivity index (χ1n) is 12.7. The van der Waals surface area contributed by atoms with E-state index in [1.54, 1.807) is 0 Å². The Morgan fingerprint density at radius 2 is 1.82 bits per heavy atom. The van der Waals surface area contributed by atoms with Gasteiger partial charge in [-0.05, 0) is 87.0 Å². The van der Waals surface area contributed by atoms with Crippen LogP contribution in [0.4, 0.5) is 0 Å². The minimum absolute atomic E-state index is 0.316. The van der Waals surface area contributed by atoms with Gasteiger partial charge in [0.1, 0.15) is 5.56 Å². The molecular formula is C27H32N4O2. The Labute approximate surface area is 194 Å². The van der Waals surface area contributed by atoms with Gasteiger partial charge in [-0.2, -0.15) is 10.2 Å². The van der Waals surface area contributed by atoms with E-state index < -0.39 is 5.97 Å².